The third kappa shape index (κ3) is 4.87. The molecular weight excluding hydrogens is 557 g/mol. The molecule has 5 nitrogen and oxygen atoms in total. The second-order valence-corrected chi connectivity index (χ2v) is 12.4. The second kappa shape index (κ2) is 10.6. The molecule has 3 aromatic carbocycles. The summed E-state index contributed by atoms with van der Waals surface area (Å²) >= 11 is 16.5. The Morgan fingerprint density at radius 1 is 1.08 bits per heavy atom. The molecule has 2 N–H and O–H groups in total. The highest BCUT2D eigenvalue weighted by Gasteiger charge is 2.34. The lowest BCUT2D eigenvalue weighted by Crippen LogP contribution is -3.15. The standard InChI is InChI=1S/C29H25Cl2N3O2S2/c1-37-19-6-7-27-20(15-19)24(12-17-4-2-3-5-26(17)38-27)33-8-10-34(11-9-33)25-16-23(29(35)36)32-22-14-18(30)13-21(31)28(22)25/h2-7,13-16,24H,8-12H2,1H3,(H,35,36)/p+1/t24-/m0/s1. The monoisotopic (exact) mass is 582 g/mol. The van der Waals surface area contributed by atoms with Crippen molar-refractivity contribution in [2.45, 2.75) is 27.1 Å². The van der Waals surface area contributed by atoms with Crippen LogP contribution in [-0.4, -0.2) is 48.5 Å². The van der Waals surface area contributed by atoms with Crippen molar-refractivity contribution in [3.05, 3.63) is 87.5 Å². The quantitative estimate of drug-likeness (QED) is 0.283. The molecule has 0 spiro atoms. The van der Waals surface area contributed by atoms with Gasteiger partial charge in [-0.15, -0.1) is 11.8 Å². The number of carboxylic acid groups (broad SMARTS) is 1. The Morgan fingerprint density at radius 3 is 2.63 bits per heavy atom. The van der Waals surface area contributed by atoms with E-state index in [2.05, 4.69) is 58.6 Å². The molecule has 0 aliphatic carbocycles. The van der Waals surface area contributed by atoms with E-state index in [-0.39, 0.29) is 5.69 Å². The Bertz CT molecular complexity index is 1560. The van der Waals surface area contributed by atoms with Gasteiger partial charge in [0.15, 0.2) is 5.69 Å². The number of carboxylic acids is 1. The van der Waals surface area contributed by atoms with Crippen LogP contribution in [0, 0.1) is 0 Å². The Hall–Kier alpha value is -2.42. The first-order valence-corrected chi connectivity index (χ1v) is 15.3. The molecule has 0 bridgehead atoms. The van der Waals surface area contributed by atoms with Gasteiger partial charge in [0.05, 0.1) is 42.4 Å². The Kier molecular flexibility index (Phi) is 7.22. The Labute approximate surface area is 240 Å². The van der Waals surface area contributed by atoms with Gasteiger partial charge in [0.1, 0.15) is 6.04 Å². The zero-order valence-electron chi connectivity index (χ0n) is 20.7. The van der Waals surface area contributed by atoms with Crippen LogP contribution in [0.25, 0.3) is 10.9 Å². The number of pyridine rings is 1. The van der Waals surface area contributed by atoms with Crippen LogP contribution in [0.4, 0.5) is 5.69 Å². The summed E-state index contributed by atoms with van der Waals surface area (Å²) in [5.41, 5.74) is 4.12. The molecule has 6 rings (SSSR count). The van der Waals surface area contributed by atoms with Crippen molar-refractivity contribution in [2.75, 3.05) is 37.3 Å². The zero-order valence-corrected chi connectivity index (χ0v) is 23.9. The molecule has 1 saturated heterocycles. The lowest BCUT2D eigenvalue weighted by molar-refractivity contribution is -0.932. The minimum absolute atomic E-state index is 0.00321. The van der Waals surface area contributed by atoms with Crippen LogP contribution in [0.2, 0.25) is 10.0 Å². The number of aromatic carboxylic acids is 1. The number of halogens is 2. The van der Waals surface area contributed by atoms with Crippen molar-refractivity contribution in [2.24, 2.45) is 0 Å². The smallest absolute Gasteiger partial charge is 0.354 e. The number of rotatable bonds is 4. The topological polar surface area (TPSA) is 57.9 Å². The fourth-order valence-electron chi connectivity index (χ4n) is 5.61. The molecule has 9 heteroatoms. The van der Waals surface area contributed by atoms with Gasteiger partial charge in [0.25, 0.3) is 0 Å². The van der Waals surface area contributed by atoms with Gasteiger partial charge in [-0.25, -0.2) is 9.78 Å². The number of thioether (sulfide) groups is 1. The first-order valence-electron chi connectivity index (χ1n) is 12.5. The summed E-state index contributed by atoms with van der Waals surface area (Å²) < 4.78 is 0. The lowest BCUT2D eigenvalue weighted by atomic mass is 9.96. The second-order valence-electron chi connectivity index (χ2n) is 9.63. The normalized spacial score (nSPS) is 17.7. The number of nitrogens with zero attached hydrogens (tertiary/aromatic N) is 2. The molecule has 4 aromatic rings. The van der Waals surface area contributed by atoms with E-state index in [1.54, 1.807) is 34.9 Å². The van der Waals surface area contributed by atoms with Crippen molar-refractivity contribution >= 4 is 69.3 Å². The summed E-state index contributed by atoms with van der Waals surface area (Å²) in [6.45, 7) is 3.43. The minimum atomic E-state index is -1.07. The minimum Gasteiger partial charge on any atom is -0.477 e. The molecule has 1 aromatic heterocycles. The van der Waals surface area contributed by atoms with Crippen LogP contribution in [0.15, 0.2) is 75.4 Å². The van der Waals surface area contributed by atoms with E-state index >= 15 is 0 Å². The summed E-state index contributed by atoms with van der Waals surface area (Å²) in [5, 5.41) is 11.4. The highest BCUT2D eigenvalue weighted by molar-refractivity contribution is 7.99. The summed E-state index contributed by atoms with van der Waals surface area (Å²) in [6, 6.07) is 21.0. The number of quaternary nitrogens is 1. The Morgan fingerprint density at radius 2 is 1.87 bits per heavy atom. The molecule has 194 valence electrons. The van der Waals surface area contributed by atoms with E-state index in [4.69, 9.17) is 23.2 Å². The van der Waals surface area contributed by atoms with Crippen LogP contribution < -0.4 is 9.80 Å². The molecule has 1 fully saturated rings. The number of hydrogen-bond acceptors (Lipinski definition) is 5. The molecule has 2 aliphatic rings. The van der Waals surface area contributed by atoms with Crippen LogP contribution in [0.5, 0.6) is 0 Å². The van der Waals surface area contributed by atoms with E-state index in [1.807, 2.05) is 11.8 Å². The van der Waals surface area contributed by atoms with E-state index in [0.717, 1.165) is 43.7 Å². The summed E-state index contributed by atoms with van der Waals surface area (Å²) in [4.78, 5) is 23.9. The molecular formula is C29H26Cl2N3O2S2+. The summed E-state index contributed by atoms with van der Waals surface area (Å²) in [5.74, 6) is -1.07. The molecule has 0 saturated carbocycles. The molecule has 2 aliphatic heterocycles. The van der Waals surface area contributed by atoms with Gasteiger partial charge in [-0.2, -0.15) is 0 Å². The predicted octanol–water partition coefficient (Wildman–Crippen LogP) is 6.12. The van der Waals surface area contributed by atoms with Gasteiger partial charge in [-0.05, 0) is 54.3 Å². The van der Waals surface area contributed by atoms with Crippen molar-refractivity contribution in [3.63, 3.8) is 0 Å². The van der Waals surface area contributed by atoms with Crippen LogP contribution >= 0.6 is 46.7 Å². The number of benzene rings is 3. The number of nitrogens with one attached hydrogen (secondary N) is 1. The lowest BCUT2D eigenvalue weighted by Gasteiger charge is -2.38. The van der Waals surface area contributed by atoms with E-state index in [1.165, 1.54) is 25.8 Å². The summed E-state index contributed by atoms with van der Waals surface area (Å²) in [6.07, 6.45) is 3.12. The maximum absolute atomic E-state index is 11.9. The molecule has 3 heterocycles. The van der Waals surface area contributed by atoms with Crippen LogP contribution in [0.3, 0.4) is 0 Å². The zero-order chi connectivity index (χ0) is 26.4. The van der Waals surface area contributed by atoms with Crippen molar-refractivity contribution in [1.82, 2.24) is 4.98 Å². The molecule has 0 radical (unpaired) electrons. The average Bonchev–Trinajstić information content (AvgIpc) is 3.08. The van der Waals surface area contributed by atoms with E-state index < -0.39 is 5.97 Å². The number of aromatic nitrogens is 1. The van der Waals surface area contributed by atoms with Gasteiger partial charge < -0.3 is 14.9 Å². The number of hydrogen-bond donors (Lipinski definition) is 2. The number of anilines is 1. The predicted molar refractivity (Wildman–Crippen MR) is 157 cm³/mol. The van der Waals surface area contributed by atoms with Crippen molar-refractivity contribution < 1.29 is 14.8 Å². The fraction of sp³-hybridized carbons (Fsp3) is 0.241. The fourth-order valence-corrected chi connectivity index (χ4v) is 7.76. The van der Waals surface area contributed by atoms with Gasteiger partial charge in [0, 0.05) is 37.1 Å². The maximum atomic E-state index is 11.9. The number of fused-ring (bicyclic) bond motifs is 3. The van der Waals surface area contributed by atoms with Gasteiger partial charge >= 0.3 is 5.97 Å². The largest absolute Gasteiger partial charge is 0.477 e. The third-order valence-corrected chi connectivity index (χ3v) is 9.92. The van der Waals surface area contributed by atoms with Gasteiger partial charge in [-0.3, -0.25) is 0 Å². The Balaban J connectivity index is 1.33. The van der Waals surface area contributed by atoms with Gasteiger partial charge in [-0.1, -0.05) is 53.2 Å². The van der Waals surface area contributed by atoms with E-state index in [9.17, 15) is 9.90 Å². The molecule has 38 heavy (non-hydrogen) atoms. The number of piperazine rings is 1. The first kappa shape index (κ1) is 25.8. The third-order valence-electron chi connectivity index (χ3n) is 7.47. The molecule has 0 unspecified atom stereocenters. The van der Waals surface area contributed by atoms with E-state index in [0.29, 0.717) is 21.6 Å². The molecule has 0 amide bonds. The number of carbonyl (C=O) groups is 1. The average molecular weight is 584 g/mol. The maximum Gasteiger partial charge on any atom is 0.354 e. The first-order chi connectivity index (χ1) is 18.4. The molecule has 1 atom stereocenters. The van der Waals surface area contributed by atoms with Crippen LogP contribution in [0.1, 0.15) is 27.7 Å². The van der Waals surface area contributed by atoms with Crippen molar-refractivity contribution in [1.29, 1.82) is 0 Å². The highest BCUT2D eigenvalue weighted by atomic mass is 35.5. The van der Waals surface area contributed by atoms with Gasteiger partial charge in [0.2, 0.25) is 0 Å². The van der Waals surface area contributed by atoms with Crippen molar-refractivity contribution in [3.8, 4) is 0 Å². The highest BCUT2D eigenvalue weighted by Crippen LogP contribution is 2.41. The SMILES string of the molecule is CSc1ccc2c(c1)[C@@H]([NH+]1CCN(c3cc(C(=O)O)nc4cc(Cl)cc(Cl)c34)CC1)Cc1ccccc1S2. The van der Waals surface area contributed by atoms with Crippen LogP contribution in [-0.2, 0) is 6.42 Å². The summed E-state index contributed by atoms with van der Waals surface area (Å²) in [7, 11) is 0.